The van der Waals surface area contributed by atoms with E-state index >= 15 is 0 Å². The van der Waals surface area contributed by atoms with Crippen LogP contribution in [0.2, 0.25) is 0 Å². The standard InChI is InChI=1S/C21H27N3O2/c1-3-22-20(23-14-16-8-7-11-18(26-2)19(16)25)24-15-21(12-13-21)17-9-5-4-6-10-17/h4-11,25H,3,12-15H2,1-2H3,(H2,22,23,24). The topological polar surface area (TPSA) is 65.9 Å². The van der Waals surface area contributed by atoms with Gasteiger partial charge in [0.2, 0.25) is 0 Å². The zero-order valence-corrected chi connectivity index (χ0v) is 15.5. The van der Waals surface area contributed by atoms with Gasteiger partial charge in [-0.15, -0.1) is 0 Å². The van der Waals surface area contributed by atoms with Crippen LogP contribution in [0.3, 0.4) is 0 Å². The SMILES string of the molecule is CCNC(=NCc1cccc(OC)c1O)NCC1(c2ccccc2)CC1. The van der Waals surface area contributed by atoms with E-state index in [1.807, 2.05) is 19.1 Å². The molecule has 5 heteroatoms. The van der Waals surface area contributed by atoms with E-state index in [2.05, 4.69) is 46.0 Å². The zero-order chi connectivity index (χ0) is 18.4. The second kappa shape index (κ2) is 8.13. The molecule has 3 rings (SSSR count). The molecule has 0 saturated heterocycles. The van der Waals surface area contributed by atoms with Crippen molar-refractivity contribution < 1.29 is 9.84 Å². The number of methoxy groups -OCH3 is 1. The third-order valence-electron chi connectivity index (χ3n) is 4.89. The minimum atomic E-state index is 0.151. The maximum Gasteiger partial charge on any atom is 0.191 e. The molecule has 0 amide bonds. The van der Waals surface area contributed by atoms with Gasteiger partial charge < -0.3 is 20.5 Å². The first-order valence-electron chi connectivity index (χ1n) is 9.11. The molecule has 1 saturated carbocycles. The lowest BCUT2D eigenvalue weighted by Crippen LogP contribution is -2.41. The van der Waals surface area contributed by atoms with Crippen LogP contribution in [0.4, 0.5) is 0 Å². The average molecular weight is 353 g/mol. The van der Waals surface area contributed by atoms with Gasteiger partial charge >= 0.3 is 0 Å². The van der Waals surface area contributed by atoms with Gasteiger partial charge in [-0.05, 0) is 31.4 Å². The third kappa shape index (κ3) is 4.10. The molecule has 0 aromatic heterocycles. The fourth-order valence-electron chi connectivity index (χ4n) is 3.13. The van der Waals surface area contributed by atoms with Gasteiger partial charge in [0, 0.05) is 24.1 Å². The van der Waals surface area contributed by atoms with Crippen LogP contribution in [0.25, 0.3) is 0 Å². The van der Waals surface area contributed by atoms with Crippen molar-refractivity contribution in [1.82, 2.24) is 10.6 Å². The van der Waals surface area contributed by atoms with Crippen LogP contribution in [-0.2, 0) is 12.0 Å². The van der Waals surface area contributed by atoms with Crippen molar-refractivity contribution >= 4 is 5.96 Å². The van der Waals surface area contributed by atoms with Crippen LogP contribution < -0.4 is 15.4 Å². The van der Waals surface area contributed by atoms with Crippen molar-refractivity contribution in [1.29, 1.82) is 0 Å². The van der Waals surface area contributed by atoms with Crippen LogP contribution in [0, 0.1) is 0 Å². The van der Waals surface area contributed by atoms with Gasteiger partial charge in [-0.1, -0.05) is 42.5 Å². The van der Waals surface area contributed by atoms with Gasteiger partial charge in [-0.2, -0.15) is 0 Å². The van der Waals surface area contributed by atoms with Gasteiger partial charge in [0.05, 0.1) is 13.7 Å². The Morgan fingerprint density at radius 3 is 2.54 bits per heavy atom. The molecule has 26 heavy (non-hydrogen) atoms. The molecule has 0 radical (unpaired) electrons. The van der Waals surface area contributed by atoms with Crippen LogP contribution in [0.15, 0.2) is 53.5 Å². The van der Waals surface area contributed by atoms with Crippen molar-refractivity contribution in [3.8, 4) is 11.5 Å². The summed E-state index contributed by atoms with van der Waals surface area (Å²) >= 11 is 0. The molecule has 138 valence electrons. The zero-order valence-electron chi connectivity index (χ0n) is 15.5. The Labute approximate surface area is 155 Å². The number of hydrogen-bond donors (Lipinski definition) is 3. The van der Waals surface area contributed by atoms with Gasteiger partial charge in [0.15, 0.2) is 17.5 Å². The van der Waals surface area contributed by atoms with E-state index in [-0.39, 0.29) is 11.2 Å². The number of aliphatic imine (C=N–C) groups is 1. The Morgan fingerprint density at radius 1 is 1.12 bits per heavy atom. The third-order valence-corrected chi connectivity index (χ3v) is 4.89. The largest absolute Gasteiger partial charge is 0.504 e. The molecular formula is C21H27N3O2. The van der Waals surface area contributed by atoms with E-state index in [0.717, 1.165) is 24.6 Å². The van der Waals surface area contributed by atoms with Crippen LogP contribution in [0.1, 0.15) is 30.9 Å². The highest BCUT2D eigenvalue weighted by Gasteiger charge is 2.43. The fraction of sp³-hybridized carbons (Fsp3) is 0.381. The number of nitrogens with zero attached hydrogens (tertiary/aromatic N) is 1. The second-order valence-electron chi connectivity index (χ2n) is 6.66. The number of ether oxygens (including phenoxy) is 1. The summed E-state index contributed by atoms with van der Waals surface area (Å²) in [5, 5.41) is 17.0. The van der Waals surface area contributed by atoms with Crippen LogP contribution in [-0.4, -0.2) is 31.3 Å². The van der Waals surface area contributed by atoms with E-state index in [4.69, 9.17) is 4.74 Å². The molecule has 1 aliphatic carbocycles. The van der Waals surface area contributed by atoms with Gasteiger partial charge in [-0.25, -0.2) is 4.99 Å². The summed E-state index contributed by atoms with van der Waals surface area (Å²) in [4.78, 5) is 4.62. The Balaban J connectivity index is 1.67. The van der Waals surface area contributed by atoms with Gasteiger partial charge in [0.25, 0.3) is 0 Å². The van der Waals surface area contributed by atoms with Gasteiger partial charge in [0.1, 0.15) is 0 Å². The molecule has 0 heterocycles. The second-order valence-corrected chi connectivity index (χ2v) is 6.66. The van der Waals surface area contributed by atoms with Crippen LogP contribution in [0.5, 0.6) is 11.5 Å². The van der Waals surface area contributed by atoms with E-state index in [9.17, 15) is 5.11 Å². The summed E-state index contributed by atoms with van der Waals surface area (Å²) < 4.78 is 5.16. The van der Waals surface area contributed by atoms with Crippen molar-refractivity contribution in [3.63, 3.8) is 0 Å². The lowest BCUT2D eigenvalue weighted by atomic mass is 9.96. The smallest absolute Gasteiger partial charge is 0.191 e. The molecule has 0 aliphatic heterocycles. The predicted octanol–water partition coefficient (Wildman–Crippen LogP) is 3.19. The molecule has 1 fully saturated rings. The number of benzene rings is 2. The maximum absolute atomic E-state index is 10.2. The highest BCUT2D eigenvalue weighted by atomic mass is 16.5. The van der Waals surface area contributed by atoms with Crippen molar-refractivity contribution in [2.24, 2.45) is 4.99 Å². The summed E-state index contributed by atoms with van der Waals surface area (Å²) in [7, 11) is 1.55. The molecule has 0 bridgehead atoms. The highest BCUT2D eigenvalue weighted by Crippen LogP contribution is 2.47. The summed E-state index contributed by atoms with van der Waals surface area (Å²) in [6.45, 7) is 4.07. The number of rotatable bonds is 7. The summed E-state index contributed by atoms with van der Waals surface area (Å²) in [5.41, 5.74) is 2.34. The van der Waals surface area contributed by atoms with E-state index in [1.54, 1.807) is 13.2 Å². The molecule has 0 atom stereocenters. The molecular weight excluding hydrogens is 326 g/mol. The summed E-state index contributed by atoms with van der Waals surface area (Å²) in [5.74, 6) is 1.38. The van der Waals surface area contributed by atoms with Crippen molar-refractivity contribution in [2.75, 3.05) is 20.2 Å². The monoisotopic (exact) mass is 353 g/mol. The van der Waals surface area contributed by atoms with E-state index in [1.165, 1.54) is 18.4 Å². The molecule has 5 nitrogen and oxygen atoms in total. The van der Waals surface area contributed by atoms with Crippen LogP contribution >= 0.6 is 0 Å². The number of phenols is 1. The Kier molecular flexibility index (Phi) is 5.66. The highest BCUT2D eigenvalue weighted by molar-refractivity contribution is 5.80. The van der Waals surface area contributed by atoms with E-state index < -0.39 is 0 Å². The molecule has 2 aromatic rings. The first-order valence-corrected chi connectivity index (χ1v) is 9.11. The summed E-state index contributed by atoms with van der Waals surface area (Å²) in [6.07, 6.45) is 2.39. The molecule has 0 unspecified atom stereocenters. The maximum atomic E-state index is 10.2. The number of para-hydroxylation sites is 1. The predicted molar refractivity (Wildman–Crippen MR) is 105 cm³/mol. The van der Waals surface area contributed by atoms with Crippen molar-refractivity contribution in [2.45, 2.75) is 31.7 Å². The van der Waals surface area contributed by atoms with Gasteiger partial charge in [-0.3, -0.25) is 0 Å². The number of guanidine groups is 1. The first-order chi connectivity index (χ1) is 12.7. The lowest BCUT2D eigenvalue weighted by molar-refractivity contribution is 0.370. The number of phenolic OH excluding ortho intramolecular Hbond substituents is 1. The van der Waals surface area contributed by atoms with E-state index in [0.29, 0.717) is 12.3 Å². The Bertz CT molecular complexity index is 755. The molecule has 3 N–H and O–H groups in total. The Morgan fingerprint density at radius 2 is 1.88 bits per heavy atom. The molecule has 0 spiro atoms. The molecule has 1 aliphatic rings. The number of hydrogen-bond acceptors (Lipinski definition) is 3. The van der Waals surface area contributed by atoms with Crippen molar-refractivity contribution in [3.05, 3.63) is 59.7 Å². The summed E-state index contributed by atoms with van der Waals surface area (Å²) in [6, 6.07) is 16.1. The quantitative estimate of drug-likeness (QED) is 0.528. The Hall–Kier alpha value is -2.69. The first kappa shape index (κ1) is 18.1. The minimum absolute atomic E-state index is 0.151. The average Bonchev–Trinajstić information content (AvgIpc) is 3.47. The normalized spacial score (nSPS) is 15.4. The number of aromatic hydroxyl groups is 1. The minimum Gasteiger partial charge on any atom is -0.504 e. The number of nitrogens with one attached hydrogen (secondary N) is 2. The molecule has 2 aromatic carbocycles. The fourth-order valence-corrected chi connectivity index (χ4v) is 3.13. The lowest BCUT2D eigenvalue weighted by Gasteiger charge is -2.19.